The molecule has 206 valence electrons. The number of carbonyl (C=O) groups excluding carboxylic acids is 1. The van der Waals surface area contributed by atoms with Crippen LogP contribution in [0.3, 0.4) is 0 Å². The van der Waals surface area contributed by atoms with Crippen molar-refractivity contribution < 1.29 is 17.9 Å². The predicted octanol–water partition coefficient (Wildman–Crippen LogP) is 6.53. The molecule has 0 aromatic heterocycles. The first-order valence-corrected chi connectivity index (χ1v) is 14.5. The van der Waals surface area contributed by atoms with Gasteiger partial charge in [0, 0.05) is 10.0 Å². The molecule has 0 aliphatic carbocycles. The minimum atomic E-state index is -4.06. The van der Waals surface area contributed by atoms with E-state index in [2.05, 4.69) is 10.5 Å². The van der Waals surface area contributed by atoms with Gasteiger partial charge in [0.25, 0.3) is 15.9 Å². The minimum absolute atomic E-state index is 0.0708. The van der Waals surface area contributed by atoms with Gasteiger partial charge in [-0.05, 0) is 97.3 Å². The van der Waals surface area contributed by atoms with Crippen molar-refractivity contribution in [2.24, 2.45) is 5.10 Å². The second-order valence-electron chi connectivity index (χ2n) is 9.04. The number of ether oxygens (including phenoxy) is 1. The Labute approximate surface area is 244 Å². The number of anilines is 1. The van der Waals surface area contributed by atoms with Crippen LogP contribution >= 0.6 is 23.2 Å². The predicted molar refractivity (Wildman–Crippen MR) is 160 cm³/mol. The molecule has 1 amide bonds. The molecule has 0 heterocycles. The highest BCUT2D eigenvalue weighted by atomic mass is 35.5. The van der Waals surface area contributed by atoms with Gasteiger partial charge in [0.15, 0.2) is 0 Å². The highest BCUT2D eigenvalue weighted by molar-refractivity contribution is 7.92. The first-order chi connectivity index (χ1) is 19.1. The van der Waals surface area contributed by atoms with E-state index in [1.165, 1.54) is 18.3 Å². The smallest absolute Gasteiger partial charge is 0.264 e. The maximum absolute atomic E-state index is 13.6. The molecule has 4 aromatic carbocycles. The third-order valence-corrected chi connectivity index (χ3v) is 8.15. The molecular formula is C30H27Cl2N3O4S. The van der Waals surface area contributed by atoms with E-state index in [-0.39, 0.29) is 4.90 Å². The van der Waals surface area contributed by atoms with Crippen LogP contribution in [0.2, 0.25) is 10.0 Å². The Hall–Kier alpha value is -3.85. The Balaban J connectivity index is 1.43. The molecule has 0 radical (unpaired) electrons. The molecular weight excluding hydrogens is 569 g/mol. The number of sulfonamides is 1. The van der Waals surface area contributed by atoms with Crippen LogP contribution in [0.4, 0.5) is 5.69 Å². The largest absolute Gasteiger partial charge is 0.489 e. The SMILES string of the molecule is Cc1ccc(S(=O)(=O)N(CC(=O)N/N=C\c2ccc(OCc3cccc(Cl)c3)cc2)c2ccc(Cl)cc2C)cc1. The topological polar surface area (TPSA) is 88.1 Å². The van der Waals surface area contributed by atoms with Gasteiger partial charge < -0.3 is 4.74 Å². The maximum atomic E-state index is 13.6. The number of hydrogen-bond acceptors (Lipinski definition) is 5. The van der Waals surface area contributed by atoms with Crippen LogP contribution in [-0.2, 0) is 21.4 Å². The number of amides is 1. The lowest BCUT2D eigenvalue weighted by Gasteiger charge is -2.25. The van der Waals surface area contributed by atoms with E-state index in [9.17, 15) is 13.2 Å². The zero-order valence-electron chi connectivity index (χ0n) is 21.8. The van der Waals surface area contributed by atoms with Crippen molar-refractivity contribution >= 4 is 51.0 Å². The van der Waals surface area contributed by atoms with E-state index < -0.39 is 22.5 Å². The Kier molecular flexibility index (Phi) is 9.47. The van der Waals surface area contributed by atoms with E-state index in [4.69, 9.17) is 27.9 Å². The van der Waals surface area contributed by atoms with Gasteiger partial charge in [-0.2, -0.15) is 5.10 Å². The van der Waals surface area contributed by atoms with Crippen molar-refractivity contribution in [3.8, 4) is 5.75 Å². The lowest BCUT2D eigenvalue weighted by atomic mass is 10.2. The fourth-order valence-corrected chi connectivity index (χ4v) is 5.75. The van der Waals surface area contributed by atoms with Crippen molar-refractivity contribution in [3.05, 3.63) is 123 Å². The van der Waals surface area contributed by atoms with Gasteiger partial charge in [-0.3, -0.25) is 9.10 Å². The second kappa shape index (κ2) is 13.0. The Morgan fingerprint density at radius 1 is 0.925 bits per heavy atom. The number of hydrogen-bond donors (Lipinski definition) is 1. The van der Waals surface area contributed by atoms with Crippen LogP contribution in [0, 0.1) is 13.8 Å². The summed E-state index contributed by atoms with van der Waals surface area (Å²) in [5, 5.41) is 5.11. The fraction of sp³-hybridized carbons (Fsp3) is 0.133. The highest BCUT2D eigenvalue weighted by Gasteiger charge is 2.28. The van der Waals surface area contributed by atoms with E-state index in [1.807, 2.05) is 25.1 Å². The lowest BCUT2D eigenvalue weighted by molar-refractivity contribution is -0.119. The van der Waals surface area contributed by atoms with Gasteiger partial charge in [-0.1, -0.05) is 53.0 Å². The standard InChI is InChI=1S/C30H27Cl2N3O4S/c1-21-6-13-28(14-7-21)40(37,38)35(29-15-10-26(32)16-22(29)2)19-30(36)34-33-18-23-8-11-27(12-9-23)39-20-24-4-3-5-25(31)17-24/h3-18H,19-20H2,1-2H3,(H,34,36)/b33-18-. The fourth-order valence-electron chi connectivity index (χ4n) is 3.82. The zero-order valence-corrected chi connectivity index (χ0v) is 24.2. The van der Waals surface area contributed by atoms with Crippen LogP contribution in [0.25, 0.3) is 0 Å². The van der Waals surface area contributed by atoms with E-state index in [1.54, 1.807) is 67.6 Å². The van der Waals surface area contributed by atoms with Gasteiger partial charge in [0.2, 0.25) is 0 Å². The molecule has 0 unspecified atom stereocenters. The Bertz CT molecular complexity index is 1620. The zero-order chi connectivity index (χ0) is 28.7. The van der Waals surface area contributed by atoms with E-state index in [0.717, 1.165) is 15.4 Å². The van der Waals surface area contributed by atoms with Crippen LogP contribution in [0.15, 0.2) is 101 Å². The molecule has 4 aromatic rings. The molecule has 0 aliphatic rings. The first kappa shape index (κ1) is 29.1. The van der Waals surface area contributed by atoms with Gasteiger partial charge >= 0.3 is 0 Å². The van der Waals surface area contributed by atoms with Crippen molar-refractivity contribution in [2.45, 2.75) is 25.3 Å². The van der Waals surface area contributed by atoms with Crippen molar-refractivity contribution in [2.75, 3.05) is 10.8 Å². The molecule has 0 atom stereocenters. The van der Waals surface area contributed by atoms with Crippen LogP contribution in [0.1, 0.15) is 22.3 Å². The number of rotatable bonds is 10. The summed E-state index contributed by atoms with van der Waals surface area (Å²) in [5.41, 5.74) is 5.95. The summed E-state index contributed by atoms with van der Waals surface area (Å²) >= 11 is 12.1. The molecule has 0 aliphatic heterocycles. The highest BCUT2D eigenvalue weighted by Crippen LogP contribution is 2.29. The summed E-state index contributed by atoms with van der Waals surface area (Å²) in [5.74, 6) is 0.0548. The summed E-state index contributed by atoms with van der Waals surface area (Å²) in [6, 6.07) is 25.8. The molecule has 0 fully saturated rings. The molecule has 10 heteroatoms. The van der Waals surface area contributed by atoms with Crippen molar-refractivity contribution in [1.29, 1.82) is 0 Å². The van der Waals surface area contributed by atoms with E-state index in [0.29, 0.717) is 39.2 Å². The van der Waals surface area contributed by atoms with Crippen LogP contribution in [0.5, 0.6) is 5.75 Å². The third-order valence-electron chi connectivity index (χ3n) is 5.90. The van der Waals surface area contributed by atoms with Crippen LogP contribution in [-0.4, -0.2) is 27.1 Å². The summed E-state index contributed by atoms with van der Waals surface area (Å²) in [7, 11) is -4.06. The van der Waals surface area contributed by atoms with Gasteiger partial charge in [-0.15, -0.1) is 0 Å². The number of carbonyl (C=O) groups is 1. The molecule has 7 nitrogen and oxygen atoms in total. The number of hydrazone groups is 1. The number of nitrogens with zero attached hydrogens (tertiary/aromatic N) is 2. The number of aryl methyl sites for hydroxylation is 2. The third kappa shape index (κ3) is 7.63. The first-order valence-electron chi connectivity index (χ1n) is 12.3. The Morgan fingerprint density at radius 3 is 2.30 bits per heavy atom. The Morgan fingerprint density at radius 2 is 1.62 bits per heavy atom. The van der Waals surface area contributed by atoms with Gasteiger partial charge in [0.05, 0.1) is 16.8 Å². The minimum Gasteiger partial charge on any atom is -0.489 e. The molecule has 40 heavy (non-hydrogen) atoms. The van der Waals surface area contributed by atoms with Gasteiger partial charge in [0.1, 0.15) is 18.9 Å². The summed E-state index contributed by atoms with van der Waals surface area (Å²) in [6.45, 7) is 3.49. The maximum Gasteiger partial charge on any atom is 0.264 e. The quantitative estimate of drug-likeness (QED) is 0.167. The normalized spacial score (nSPS) is 11.4. The van der Waals surface area contributed by atoms with Crippen molar-refractivity contribution in [1.82, 2.24) is 5.43 Å². The number of nitrogens with one attached hydrogen (secondary N) is 1. The molecule has 0 saturated carbocycles. The number of benzene rings is 4. The average Bonchev–Trinajstić information content (AvgIpc) is 2.92. The molecule has 0 spiro atoms. The van der Waals surface area contributed by atoms with Gasteiger partial charge in [-0.25, -0.2) is 13.8 Å². The average molecular weight is 597 g/mol. The van der Waals surface area contributed by atoms with E-state index >= 15 is 0 Å². The molecule has 4 rings (SSSR count). The lowest BCUT2D eigenvalue weighted by Crippen LogP contribution is -2.40. The van der Waals surface area contributed by atoms with Crippen molar-refractivity contribution in [3.63, 3.8) is 0 Å². The summed E-state index contributed by atoms with van der Waals surface area (Å²) in [6.07, 6.45) is 1.46. The number of halogens is 2. The monoisotopic (exact) mass is 595 g/mol. The van der Waals surface area contributed by atoms with Crippen LogP contribution < -0.4 is 14.5 Å². The molecule has 1 N–H and O–H groups in total. The summed E-state index contributed by atoms with van der Waals surface area (Å²) < 4.78 is 34.0. The molecule has 0 saturated heterocycles. The summed E-state index contributed by atoms with van der Waals surface area (Å²) in [4.78, 5) is 12.9. The second-order valence-corrected chi connectivity index (χ2v) is 11.8. The molecule has 0 bridgehead atoms.